The predicted molar refractivity (Wildman–Crippen MR) is 111 cm³/mol. The highest BCUT2D eigenvalue weighted by atomic mass is 16.5. The van der Waals surface area contributed by atoms with Crippen molar-refractivity contribution in [2.75, 3.05) is 26.8 Å². The Morgan fingerprint density at radius 3 is 2.54 bits per heavy atom. The van der Waals surface area contributed by atoms with Gasteiger partial charge in [0.15, 0.2) is 0 Å². The van der Waals surface area contributed by atoms with Crippen LogP contribution in [-0.4, -0.2) is 59.0 Å². The highest BCUT2D eigenvalue weighted by Crippen LogP contribution is 2.28. The third-order valence-electron chi connectivity index (χ3n) is 5.43. The lowest BCUT2D eigenvalue weighted by atomic mass is 10.1. The molecule has 0 bridgehead atoms. The summed E-state index contributed by atoms with van der Waals surface area (Å²) in [6.45, 7) is 3.87. The van der Waals surface area contributed by atoms with Gasteiger partial charge in [-0.2, -0.15) is 0 Å². The van der Waals surface area contributed by atoms with Gasteiger partial charge in [-0.05, 0) is 31.4 Å². The first kappa shape index (κ1) is 22.5. The van der Waals surface area contributed by atoms with Gasteiger partial charge in [-0.15, -0.1) is 0 Å². The molecule has 0 aliphatic heterocycles. The molecular formula is C22H37N3O3. The summed E-state index contributed by atoms with van der Waals surface area (Å²) in [7, 11) is 3.62. The van der Waals surface area contributed by atoms with Crippen LogP contribution in [0.2, 0.25) is 0 Å². The molecule has 1 aromatic rings. The quantitative estimate of drug-likeness (QED) is 0.457. The Hall–Kier alpha value is -1.82. The summed E-state index contributed by atoms with van der Waals surface area (Å²) in [6.07, 6.45) is 10.2. The van der Waals surface area contributed by atoms with Crippen molar-refractivity contribution in [1.82, 2.24) is 14.4 Å². The number of amides is 2. The van der Waals surface area contributed by atoms with Gasteiger partial charge in [0, 0.05) is 45.1 Å². The number of hydrogen-bond acceptors (Lipinski definition) is 3. The topological polar surface area (TPSA) is 54.8 Å². The van der Waals surface area contributed by atoms with Crippen molar-refractivity contribution in [3.63, 3.8) is 0 Å². The van der Waals surface area contributed by atoms with Gasteiger partial charge >= 0.3 is 0 Å². The molecule has 0 unspecified atom stereocenters. The summed E-state index contributed by atoms with van der Waals surface area (Å²) < 4.78 is 7.21. The first-order valence-electron chi connectivity index (χ1n) is 10.7. The summed E-state index contributed by atoms with van der Waals surface area (Å²) in [4.78, 5) is 29.4. The van der Waals surface area contributed by atoms with Crippen molar-refractivity contribution < 1.29 is 14.3 Å². The Morgan fingerprint density at radius 1 is 1.18 bits per heavy atom. The molecule has 0 spiro atoms. The van der Waals surface area contributed by atoms with E-state index in [0.29, 0.717) is 32.2 Å². The summed E-state index contributed by atoms with van der Waals surface area (Å²) in [5.41, 5.74) is 1.12. The second kappa shape index (κ2) is 11.9. The molecule has 1 aliphatic rings. The van der Waals surface area contributed by atoms with Crippen LogP contribution in [0.15, 0.2) is 18.3 Å². The Morgan fingerprint density at radius 2 is 1.93 bits per heavy atom. The molecule has 1 heterocycles. The van der Waals surface area contributed by atoms with Crippen molar-refractivity contribution in [3.8, 4) is 0 Å². The summed E-state index contributed by atoms with van der Waals surface area (Å²) in [5, 5.41) is 0. The number of hydrogen-bond donors (Lipinski definition) is 0. The molecule has 1 aliphatic carbocycles. The van der Waals surface area contributed by atoms with Gasteiger partial charge < -0.3 is 19.1 Å². The number of unbranched alkanes of at least 4 members (excludes halogenated alkanes) is 4. The second-order valence-corrected chi connectivity index (χ2v) is 7.84. The van der Waals surface area contributed by atoms with Crippen molar-refractivity contribution in [3.05, 3.63) is 24.0 Å². The van der Waals surface area contributed by atoms with Gasteiger partial charge in [-0.25, -0.2) is 0 Å². The zero-order valence-corrected chi connectivity index (χ0v) is 17.9. The number of aryl methyl sites for hydroxylation is 1. The molecule has 6 heteroatoms. The van der Waals surface area contributed by atoms with Gasteiger partial charge in [-0.3, -0.25) is 9.59 Å². The van der Waals surface area contributed by atoms with E-state index in [1.165, 1.54) is 19.3 Å². The van der Waals surface area contributed by atoms with Gasteiger partial charge in [0.25, 0.3) is 0 Å². The standard InChI is InChI=1S/C22H37N3O3/c1-4-5-6-7-8-11-21(26)24(15-16-28-3)18-22(27)25(19-12-13-19)17-20-10-9-14-23(20)2/h9-10,14,19H,4-8,11-13,15-18H2,1-3H3. The maximum atomic E-state index is 13.0. The van der Waals surface area contributed by atoms with Crippen molar-refractivity contribution in [2.45, 2.75) is 70.9 Å². The van der Waals surface area contributed by atoms with Crippen LogP contribution in [0.3, 0.4) is 0 Å². The number of methoxy groups -OCH3 is 1. The highest BCUT2D eigenvalue weighted by molar-refractivity contribution is 5.85. The lowest BCUT2D eigenvalue weighted by Crippen LogP contribution is -2.44. The van der Waals surface area contributed by atoms with Gasteiger partial charge in [0.2, 0.25) is 11.8 Å². The molecule has 1 fully saturated rings. The molecule has 0 aromatic carbocycles. The number of aromatic nitrogens is 1. The summed E-state index contributed by atoms with van der Waals surface area (Å²) >= 11 is 0. The number of carbonyl (C=O) groups excluding carboxylic acids is 2. The maximum Gasteiger partial charge on any atom is 0.242 e. The third kappa shape index (κ3) is 7.30. The zero-order chi connectivity index (χ0) is 20.4. The SMILES string of the molecule is CCCCCCCC(=O)N(CCOC)CC(=O)N(Cc1cccn1C)C1CC1. The first-order chi connectivity index (χ1) is 13.6. The fourth-order valence-electron chi connectivity index (χ4n) is 3.43. The minimum Gasteiger partial charge on any atom is -0.383 e. The van der Waals surface area contributed by atoms with Crippen LogP contribution in [-0.2, 0) is 27.9 Å². The van der Waals surface area contributed by atoms with Crippen molar-refractivity contribution >= 4 is 11.8 Å². The minimum absolute atomic E-state index is 0.0409. The normalized spacial score (nSPS) is 13.5. The van der Waals surface area contributed by atoms with Crippen LogP contribution in [0.5, 0.6) is 0 Å². The summed E-state index contributed by atoms with van der Waals surface area (Å²) in [6, 6.07) is 4.36. The van der Waals surface area contributed by atoms with Crippen LogP contribution in [0.1, 0.15) is 64.0 Å². The Labute approximate surface area is 169 Å². The van der Waals surface area contributed by atoms with E-state index in [-0.39, 0.29) is 18.4 Å². The molecule has 2 amide bonds. The largest absolute Gasteiger partial charge is 0.383 e. The highest BCUT2D eigenvalue weighted by Gasteiger charge is 2.34. The molecular weight excluding hydrogens is 354 g/mol. The van der Waals surface area contributed by atoms with E-state index in [1.54, 1.807) is 12.0 Å². The molecule has 1 saturated carbocycles. The summed E-state index contributed by atoms with van der Waals surface area (Å²) in [5.74, 6) is 0.107. The van der Waals surface area contributed by atoms with Gasteiger partial charge in [-0.1, -0.05) is 32.6 Å². The number of rotatable bonds is 14. The minimum atomic E-state index is 0.0409. The van der Waals surface area contributed by atoms with Gasteiger partial charge in [0.05, 0.1) is 19.7 Å². The van der Waals surface area contributed by atoms with E-state index >= 15 is 0 Å². The molecule has 158 valence electrons. The molecule has 0 radical (unpaired) electrons. The molecule has 2 rings (SSSR count). The van der Waals surface area contributed by atoms with Crippen molar-refractivity contribution in [1.29, 1.82) is 0 Å². The lowest BCUT2D eigenvalue weighted by molar-refractivity contribution is -0.141. The van der Waals surface area contributed by atoms with E-state index in [2.05, 4.69) is 6.92 Å². The molecule has 0 atom stereocenters. The average Bonchev–Trinajstić information content (AvgIpc) is 3.44. The van der Waals surface area contributed by atoms with Crippen LogP contribution < -0.4 is 0 Å². The zero-order valence-electron chi connectivity index (χ0n) is 17.9. The number of ether oxygens (including phenoxy) is 1. The van der Waals surface area contributed by atoms with Gasteiger partial charge in [0.1, 0.15) is 0 Å². The Bertz CT molecular complexity index is 610. The molecule has 0 N–H and O–H groups in total. The smallest absolute Gasteiger partial charge is 0.242 e. The van der Waals surface area contributed by atoms with E-state index in [0.717, 1.165) is 31.4 Å². The fourth-order valence-corrected chi connectivity index (χ4v) is 3.43. The lowest BCUT2D eigenvalue weighted by Gasteiger charge is -2.28. The molecule has 0 saturated heterocycles. The van der Waals surface area contributed by atoms with E-state index < -0.39 is 0 Å². The first-order valence-corrected chi connectivity index (χ1v) is 10.7. The maximum absolute atomic E-state index is 13.0. The third-order valence-corrected chi connectivity index (χ3v) is 5.43. The Kier molecular flexibility index (Phi) is 9.55. The number of carbonyl (C=O) groups is 2. The Balaban J connectivity index is 1.91. The fraction of sp³-hybridized carbons (Fsp3) is 0.727. The second-order valence-electron chi connectivity index (χ2n) is 7.84. The van der Waals surface area contributed by atoms with E-state index in [1.807, 2.05) is 34.8 Å². The molecule has 1 aromatic heterocycles. The monoisotopic (exact) mass is 391 g/mol. The predicted octanol–water partition coefficient (Wildman–Crippen LogP) is 3.35. The van der Waals surface area contributed by atoms with E-state index in [4.69, 9.17) is 4.74 Å². The van der Waals surface area contributed by atoms with Crippen LogP contribution >= 0.6 is 0 Å². The molecule has 6 nitrogen and oxygen atoms in total. The van der Waals surface area contributed by atoms with E-state index in [9.17, 15) is 9.59 Å². The van der Waals surface area contributed by atoms with Crippen LogP contribution in [0.25, 0.3) is 0 Å². The van der Waals surface area contributed by atoms with Crippen molar-refractivity contribution in [2.24, 2.45) is 7.05 Å². The molecule has 28 heavy (non-hydrogen) atoms. The van der Waals surface area contributed by atoms with Crippen LogP contribution in [0.4, 0.5) is 0 Å². The number of nitrogens with zero attached hydrogens (tertiary/aromatic N) is 3. The van der Waals surface area contributed by atoms with Crippen LogP contribution in [0, 0.1) is 0 Å². The average molecular weight is 392 g/mol.